The monoisotopic (exact) mass is 323 g/mol. The van der Waals surface area contributed by atoms with Gasteiger partial charge in [-0.2, -0.15) is 0 Å². The molecule has 25 heavy (non-hydrogen) atoms. The molecule has 0 radical (unpaired) electrons. The summed E-state index contributed by atoms with van der Waals surface area (Å²) in [6.07, 6.45) is 0. The highest BCUT2D eigenvalue weighted by Crippen LogP contribution is 2.26. The van der Waals surface area contributed by atoms with Crippen molar-refractivity contribution < 1.29 is 0 Å². The van der Waals surface area contributed by atoms with E-state index in [1.54, 1.807) is 6.07 Å². The van der Waals surface area contributed by atoms with Gasteiger partial charge in [0.25, 0.3) is 0 Å². The van der Waals surface area contributed by atoms with Gasteiger partial charge in [-0.15, -0.1) is 0 Å². The van der Waals surface area contributed by atoms with Crippen LogP contribution in [-0.2, 0) is 0 Å². The fourth-order valence-corrected chi connectivity index (χ4v) is 2.79. The van der Waals surface area contributed by atoms with Crippen molar-refractivity contribution in [3.05, 3.63) is 91.0 Å². The van der Waals surface area contributed by atoms with Crippen LogP contribution in [0.25, 0.3) is 33.8 Å². The third-order valence-electron chi connectivity index (χ3n) is 4.07. The molecule has 0 bridgehead atoms. The van der Waals surface area contributed by atoms with E-state index in [4.69, 9.17) is 5.73 Å². The van der Waals surface area contributed by atoms with Crippen LogP contribution in [0.2, 0.25) is 0 Å². The van der Waals surface area contributed by atoms with E-state index in [0.29, 0.717) is 11.6 Å². The molecule has 4 rings (SSSR count). The average molecular weight is 323 g/mol. The van der Waals surface area contributed by atoms with Crippen molar-refractivity contribution in [1.29, 1.82) is 0 Å². The maximum atomic E-state index is 6.00. The van der Waals surface area contributed by atoms with Crippen LogP contribution in [-0.4, -0.2) is 9.97 Å². The highest BCUT2D eigenvalue weighted by atomic mass is 14.9. The van der Waals surface area contributed by atoms with Crippen molar-refractivity contribution in [2.24, 2.45) is 0 Å². The van der Waals surface area contributed by atoms with Gasteiger partial charge in [-0.3, -0.25) is 0 Å². The highest BCUT2D eigenvalue weighted by Gasteiger charge is 2.07. The van der Waals surface area contributed by atoms with Crippen molar-refractivity contribution in [2.75, 3.05) is 5.73 Å². The molecule has 0 atom stereocenters. The Morgan fingerprint density at radius 3 is 1.68 bits per heavy atom. The van der Waals surface area contributed by atoms with Crippen LogP contribution in [0.5, 0.6) is 0 Å². The summed E-state index contributed by atoms with van der Waals surface area (Å²) in [5, 5.41) is 0. The van der Waals surface area contributed by atoms with E-state index in [0.717, 1.165) is 22.4 Å². The molecule has 4 aromatic rings. The topological polar surface area (TPSA) is 51.8 Å². The van der Waals surface area contributed by atoms with E-state index < -0.39 is 0 Å². The van der Waals surface area contributed by atoms with Gasteiger partial charge in [0.1, 0.15) is 5.82 Å². The van der Waals surface area contributed by atoms with Gasteiger partial charge in [-0.1, -0.05) is 84.9 Å². The number of nitrogens with zero attached hydrogens (tertiary/aromatic N) is 2. The van der Waals surface area contributed by atoms with Crippen LogP contribution < -0.4 is 5.73 Å². The Morgan fingerprint density at radius 2 is 1.04 bits per heavy atom. The standard InChI is InChI=1S/C22H17N3/c23-21-15-20(18-9-5-2-6-10-18)24-22(25-21)19-13-11-17(12-14-19)16-7-3-1-4-8-16/h1-15H,(H2,23,24,25). The SMILES string of the molecule is Nc1cc(-c2ccccc2)nc(-c2ccc(-c3ccccc3)cc2)n1. The molecule has 3 aromatic carbocycles. The van der Waals surface area contributed by atoms with E-state index in [9.17, 15) is 0 Å². The van der Waals surface area contributed by atoms with Crippen LogP contribution in [0.4, 0.5) is 5.82 Å². The molecule has 0 saturated carbocycles. The lowest BCUT2D eigenvalue weighted by Crippen LogP contribution is -1.98. The molecule has 0 aliphatic heterocycles. The van der Waals surface area contributed by atoms with Crippen LogP contribution >= 0.6 is 0 Å². The zero-order chi connectivity index (χ0) is 17.1. The van der Waals surface area contributed by atoms with Crippen LogP contribution in [0.15, 0.2) is 91.0 Å². The summed E-state index contributed by atoms with van der Waals surface area (Å²) < 4.78 is 0. The molecular weight excluding hydrogens is 306 g/mol. The Hall–Kier alpha value is -3.46. The van der Waals surface area contributed by atoms with Crippen LogP contribution in [0.1, 0.15) is 0 Å². The zero-order valence-electron chi connectivity index (χ0n) is 13.6. The lowest BCUT2D eigenvalue weighted by atomic mass is 10.0. The third kappa shape index (κ3) is 3.26. The summed E-state index contributed by atoms with van der Waals surface area (Å²) >= 11 is 0. The van der Waals surface area contributed by atoms with E-state index in [1.165, 1.54) is 5.56 Å². The molecule has 0 saturated heterocycles. The molecule has 0 aliphatic rings. The van der Waals surface area contributed by atoms with Crippen molar-refractivity contribution in [2.45, 2.75) is 0 Å². The fourth-order valence-electron chi connectivity index (χ4n) is 2.79. The quantitative estimate of drug-likeness (QED) is 0.573. The molecule has 3 nitrogen and oxygen atoms in total. The van der Waals surface area contributed by atoms with Crippen molar-refractivity contribution in [3.63, 3.8) is 0 Å². The fraction of sp³-hybridized carbons (Fsp3) is 0. The minimum absolute atomic E-state index is 0.469. The van der Waals surface area contributed by atoms with Gasteiger partial charge in [-0.25, -0.2) is 9.97 Å². The molecule has 0 fully saturated rings. The third-order valence-corrected chi connectivity index (χ3v) is 4.07. The van der Waals surface area contributed by atoms with Gasteiger partial charge in [0, 0.05) is 17.2 Å². The molecular formula is C22H17N3. The van der Waals surface area contributed by atoms with Gasteiger partial charge in [0.2, 0.25) is 0 Å². The van der Waals surface area contributed by atoms with Gasteiger partial charge in [0.05, 0.1) is 5.69 Å². The Labute approximate surface area is 146 Å². The number of rotatable bonds is 3. The van der Waals surface area contributed by atoms with Crippen LogP contribution in [0.3, 0.4) is 0 Å². The van der Waals surface area contributed by atoms with Gasteiger partial charge >= 0.3 is 0 Å². The van der Waals surface area contributed by atoms with E-state index >= 15 is 0 Å². The molecule has 0 spiro atoms. The maximum Gasteiger partial charge on any atom is 0.162 e. The number of benzene rings is 3. The number of aromatic nitrogens is 2. The molecule has 120 valence electrons. The van der Waals surface area contributed by atoms with Crippen LogP contribution in [0, 0.1) is 0 Å². The minimum atomic E-state index is 0.469. The van der Waals surface area contributed by atoms with Gasteiger partial charge in [-0.05, 0) is 11.1 Å². The molecule has 3 heteroatoms. The first-order chi connectivity index (χ1) is 12.3. The molecule has 2 N–H and O–H groups in total. The molecule has 1 aromatic heterocycles. The highest BCUT2D eigenvalue weighted by molar-refractivity contribution is 5.70. The summed E-state index contributed by atoms with van der Waals surface area (Å²) in [5.41, 5.74) is 11.2. The van der Waals surface area contributed by atoms with Gasteiger partial charge < -0.3 is 5.73 Å². The number of hydrogen-bond donors (Lipinski definition) is 1. The van der Waals surface area contributed by atoms with E-state index in [-0.39, 0.29) is 0 Å². The van der Waals surface area contributed by atoms with E-state index in [1.807, 2.05) is 60.7 Å². The molecule has 0 aliphatic carbocycles. The number of hydrogen-bond acceptors (Lipinski definition) is 3. The molecule has 1 heterocycles. The second-order valence-electron chi connectivity index (χ2n) is 5.81. The Kier molecular flexibility index (Phi) is 3.97. The number of nitrogens with two attached hydrogens (primary N) is 1. The summed E-state index contributed by atoms with van der Waals surface area (Å²) in [5.74, 6) is 1.11. The Bertz CT molecular complexity index is 979. The van der Waals surface area contributed by atoms with Crippen molar-refractivity contribution in [3.8, 4) is 33.8 Å². The second-order valence-corrected chi connectivity index (χ2v) is 5.81. The minimum Gasteiger partial charge on any atom is -0.384 e. The summed E-state index contributed by atoms with van der Waals surface area (Å²) in [6, 6.07) is 30.3. The number of nitrogen functional groups attached to an aromatic ring is 1. The Balaban J connectivity index is 1.71. The first-order valence-electron chi connectivity index (χ1n) is 8.15. The first-order valence-corrected chi connectivity index (χ1v) is 8.15. The summed E-state index contributed by atoms with van der Waals surface area (Å²) in [7, 11) is 0. The molecule has 0 amide bonds. The normalized spacial score (nSPS) is 10.6. The first kappa shape index (κ1) is 15.1. The summed E-state index contributed by atoms with van der Waals surface area (Å²) in [6.45, 7) is 0. The Morgan fingerprint density at radius 1 is 0.520 bits per heavy atom. The van der Waals surface area contributed by atoms with Gasteiger partial charge in [0.15, 0.2) is 5.82 Å². The lowest BCUT2D eigenvalue weighted by Gasteiger charge is -2.07. The van der Waals surface area contributed by atoms with Crippen molar-refractivity contribution >= 4 is 5.82 Å². The zero-order valence-corrected chi connectivity index (χ0v) is 13.6. The second kappa shape index (κ2) is 6.57. The predicted octanol–water partition coefficient (Wildman–Crippen LogP) is 5.06. The predicted molar refractivity (Wildman–Crippen MR) is 103 cm³/mol. The van der Waals surface area contributed by atoms with Crippen molar-refractivity contribution in [1.82, 2.24) is 9.97 Å². The molecule has 0 unspecified atom stereocenters. The largest absolute Gasteiger partial charge is 0.384 e. The van der Waals surface area contributed by atoms with E-state index in [2.05, 4.69) is 34.2 Å². The smallest absolute Gasteiger partial charge is 0.162 e. The lowest BCUT2D eigenvalue weighted by molar-refractivity contribution is 1.19. The maximum absolute atomic E-state index is 6.00. The summed E-state index contributed by atoms with van der Waals surface area (Å²) in [4.78, 5) is 9.08. The number of anilines is 1. The average Bonchev–Trinajstić information content (AvgIpc) is 2.69.